The third kappa shape index (κ3) is 3.82. The van der Waals surface area contributed by atoms with E-state index in [2.05, 4.69) is 17.9 Å². The van der Waals surface area contributed by atoms with Crippen LogP contribution in [-0.2, 0) is 0 Å². The number of rotatable bonds is 1. The summed E-state index contributed by atoms with van der Waals surface area (Å²) in [6.07, 6.45) is 2.81. The summed E-state index contributed by atoms with van der Waals surface area (Å²) >= 11 is 11.1. The second-order valence-corrected chi connectivity index (χ2v) is 4.67. The number of hydrogen-bond donors (Lipinski definition) is 0. The van der Waals surface area contributed by atoms with Gasteiger partial charge < -0.3 is 0 Å². The van der Waals surface area contributed by atoms with E-state index in [1.165, 1.54) is 0 Å². The lowest BCUT2D eigenvalue weighted by molar-refractivity contribution is 1.64. The van der Waals surface area contributed by atoms with E-state index in [0.717, 1.165) is 0 Å². The van der Waals surface area contributed by atoms with Crippen LogP contribution in [0.4, 0.5) is 0 Å². The summed E-state index contributed by atoms with van der Waals surface area (Å²) in [6, 6.07) is 0. The first-order valence-corrected chi connectivity index (χ1v) is 5.46. The number of hydrogen-bond acceptors (Lipinski definition) is 0. The molecule has 0 aliphatic rings. The zero-order chi connectivity index (χ0) is 7.28. The van der Waals surface area contributed by atoms with E-state index < -0.39 is 6.63 Å². The lowest BCUT2D eigenvalue weighted by Gasteiger charge is -1.93. The minimum atomic E-state index is -1.09. The molecule has 0 aromatic heterocycles. The summed E-state index contributed by atoms with van der Waals surface area (Å²) in [7, 11) is 0. The number of halogens is 2. The van der Waals surface area contributed by atoms with E-state index in [4.69, 9.17) is 22.5 Å². The van der Waals surface area contributed by atoms with Crippen molar-refractivity contribution in [3.8, 4) is 11.8 Å². The van der Waals surface area contributed by atoms with Crippen LogP contribution in [-0.4, -0.2) is 0 Å². The van der Waals surface area contributed by atoms with Gasteiger partial charge >= 0.3 is 0 Å². The number of allylic oxidation sites excluding steroid dienone is 2. The van der Waals surface area contributed by atoms with Crippen LogP contribution in [0.5, 0.6) is 0 Å². The Morgan fingerprint density at radius 1 is 1.33 bits per heavy atom. The predicted molar refractivity (Wildman–Crippen MR) is 44.5 cm³/mol. The Balaban J connectivity index is 4.13. The van der Waals surface area contributed by atoms with E-state index in [1.54, 1.807) is 13.8 Å². The molecule has 9 heavy (non-hydrogen) atoms. The Morgan fingerprint density at radius 3 is 2.00 bits per heavy atom. The highest BCUT2D eigenvalue weighted by molar-refractivity contribution is 8.06. The molecule has 1 radical (unpaired) electrons. The van der Waals surface area contributed by atoms with E-state index in [1.807, 2.05) is 0 Å². The third-order valence-electron chi connectivity index (χ3n) is 0.649. The van der Waals surface area contributed by atoms with Crippen LogP contribution in [0.15, 0.2) is 5.31 Å². The van der Waals surface area contributed by atoms with Gasteiger partial charge in [0.15, 0.2) is 0 Å². The predicted octanol–water partition coefficient (Wildman–Crippen LogP) is 3.51. The Hall–Kier alpha value is 0.310. The van der Waals surface area contributed by atoms with Gasteiger partial charge in [0.1, 0.15) is 6.63 Å². The third-order valence-corrected chi connectivity index (χ3v) is 2.34. The molecule has 0 fully saturated rings. The standard InChI is InChI=1S/C6H6Cl2P/c1-3-5-6(4-2)9(7)8/h1-2H3. The second-order valence-electron chi connectivity index (χ2n) is 1.21. The van der Waals surface area contributed by atoms with E-state index >= 15 is 0 Å². The topological polar surface area (TPSA) is 0 Å². The molecule has 0 N–H and O–H groups in total. The fourth-order valence-electron chi connectivity index (χ4n) is 0.308. The van der Waals surface area contributed by atoms with Gasteiger partial charge in [-0.2, -0.15) is 0 Å². The second kappa shape index (κ2) is 5.12. The van der Waals surface area contributed by atoms with Crippen LogP contribution < -0.4 is 0 Å². The average molecular weight is 180 g/mol. The molecule has 0 bridgehead atoms. The molecule has 0 heterocycles. The van der Waals surface area contributed by atoms with Crippen molar-refractivity contribution in [1.82, 2.24) is 0 Å². The molecule has 0 unspecified atom stereocenters. The Morgan fingerprint density at radius 2 is 1.89 bits per heavy atom. The molecule has 0 aliphatic carbocycles. The fraction of sp³-hybridized carbons (Fsp3) is 0.333. The van der Waals surface area contributed by atoms with Crippen LogP contribution in [0, 0.1) is 17.9 Å². The van der Waals surface area contributed by atoms with Crippen LogP contribution in [0.1, 0.15) is 13.8 Å². The average Bonchev–Trinajstić information content (AvgIpc) is 1.82. The van der Waals surface area contributed by atoms with Gasteiger partial charge in [0.2, 0.25) is 0 Å². The Kier molecular flexibility index (Phi) is 5.30. The molecular weight excluding hydrogens is 174 g/mol. The largest absolute Gasteiger partial charge is 0.125 e. The first-order chi connectivity index (χ1) is 4.22. The molecule has 3 heteroatoms. The highest BCUT2D eigenvalue weighted by atomic mass is 35.9. The first-order valence-electron chi connectivity index (χ1n) is 2.31. The summed E-state index contributed by atoms with van der Waals surface area (Å²) in [6.45, 7) is 2.40. The van der Waals surface area contributed by atoms with Crippen molar-refractivity contribution in [2.45, 2.75) is 13.8 Å². The Bertz CT molecular complexity index is 162. The molecule has 49 valence electrons. The van der Waals surface area contributed by atoms with E-state index in [9.17, 15) is 0 Å². The zero-order valence-corrected chi connectivity index (χ0v) is 7.61. The normalized spacial score (nSPS) is 11.0. The van der Waals surface area contributed by atoms with Gasteiger partial charge in [0, 0.05) is 0 Å². The van der Waals surface area contributed by atoms with E-state index in [0.29, 0.717) is 5.31 Å². The molecule has 0 aromatic carbocycles. The molecule has 0 atom stereocenters. The molecule has 0 nitrogen and oxygen atoms in total. The SMILES string of the molecule is C[C]=C(C#CC)P(Cl)Cl. The molecular formula is C6H6Cl2P. The summed E-state index contributed by atoms with van der Waals surface area (Å²) in [5.41, 5.74) is 0. The molecule has 0 rings (SSSR count). The molecule has 0 saturated heterocycles. The summed E-state index contributed by atoms with van der Waals surface area (Å²) in [4.78, 5) is 0. The van der Waals surface area contributed by atoms with Crippen molar-refractivity contribution in [3.05, 3.63) is 11.4 Å². The fourth-order valence-corrected chi connectivity index (χ4v) is 1.43. The van der Waals surface area contributed by atoms with Gasteiger partial charge in [-0.25, -0.2) is 0 Å². The molecule has 0 saturated carbocycles. The van der Waals surface area contributed by atoms with Crippen molar-refractivity contribution in [1.29, 1.82) is 0 Å². The molecule has 0 amide bonds. The van der Waals surface area contributed by atoms with E-state index in [-0.39, 0.29) is 0 Å². The highest BCUT2D eigenvalue weighted by Crippen LogP contribution is 2.53. The first kappa shape index (κ1) is 9.31. The lowest BCUT2D eigenvalue weighted by Crippen LogP contribution is -1.64. The quantitative estimate of drug-likeness (QED) is 0.427. The highest BCUT2D eigenvalue weighted by Gasteiger charge is 2.01. The van der Waals surface area contributed by atoms with Crippen molar-refractivity contribution < 1.29 is 0 Å². The maximum absolute atomic E-state index is 5.55. The van der Waals surface area contributed by atoms with Crippen LogP contribution in [0.3, 0.4) is 0 Å². The molecule has 0 aliphatic heterocycles. The minimum absolute atomic E-state index is 0.704. The maximum Gasteiger partial charge on any atom is 0.125 e. The van der Waals surface area contributed by atoms with Crippen LogP contribution in [0.25, 0.3) is 0 Å². The van der Waals surface area contributed by atoms with Crippen molar-refractivity contribution in [3.63, 3.8) is 0 Å². The zero-order valence-electron chi connectivity index (χ0n) is 5.20. The summed E-state index contributed by atoms with van der Waals surface area (Å²) in [5, 5.41) is 0.704. The van der Waals surface area contributed by atoms with Gasteiger partial charge in [-0.15, -0.1) is 5.92 Å². The minimum Gasteiger partial charge on any atom is -0.101 e. The molecule has 0 spiro atoms. The van der Waals surface area contributed by atoms with Gasteiger partial charge in [-0.1, -0.05) is 28.4 Å². The molecule has 0 aromatic rings. The van der Waals surface area contributed by atoms with Crippen molar-refractivity contribution >= 4 is 29.1 Å². The summed E-state index contributed by atoms with van der Waals surface area (Å²) < 4.78 is 0. The lowest BCUT2D eigenvalue weighted by atomic mass is 10.5. The van der Waals surface area contributed by atoms with Crippen molar-refractivity contribution in [2.75, 3.05) is 0 Å². The maximum atomic E-state index is 5.55. The van der Waals surface area contributed by atoms with Gasteiger partial charge in [0.25, 0.3) is 0 Å². The van der Waals surface area contributed by atoms with Gasteiger partial charge in [-0.3, -0.25) is 0 Å². The van der Waals surface area contributed by atoms with Crippen LogP contribution >= 0.6 is 29.1 Å². The van der Waals surface area contributed by atoms with Gasteiger partial charge in [-0.05, 0) is 19.9 Å². The van der Waals surface area contributed by atoms with Crippen LogP contribution in [0.2, 0.25) is 0 Å². The summed E-state index contributed by atoms with van der Waals surface area (Å²) in [5.74, 6) is 5.45. The monoisotopic (exact) mass is 179 g/mol. The van der Waals surface area contributed by atoms with Gasteiger partial charge in [0.05, 0.1) is 5.31 Å². The Labute approximate surface area is 66.6 Å². The van der Waals surface area contributed by atoms with Crippen molar-refractivity contribution in [2.24, 2.45) is 0 Å². The smallest absolute Gasteiger partial charge is 0.101 e.